The van der Waals surface area contributed by atoms with E-state index in [1.165, 1.54) is 11.1 Å². The van der Waals surface area contributed by atoms with Crippen molar-refractivity contribution < 1.29 is 14.4 Å². The molecule has 0 bridgehead atoms. The number of nitrogens with zero attached hydrogens (tertiary/aromatic N) is 3. The van der Waals surface area contributed by atoms with Crippen LogP contribution in [-0.2, 0) is 20.9 Å². The van der Waals surface area contributed by atoms with Gasteiger partial charge in [-0.1, -0.05) is 87.5 Å². The molecule has 4 aliphatic rings. The lowest BCUT2D eigenvalue weighted by Gasteiger charge is -2.38. The zero-order chi connectivity index (χ0) is 31.3. The molecule has 1 spiro atoms. The van der Waals surface area contributed by atoms with Crippen molar-refractivity contribution in [1.29, 1.82) is 0 Å². The second-order valence-electron chi connectivity index (χ2n) is 14.0. The smallest absolute Gasteiger partial charge is 0.322 e. The lowest BCUT2D eigenvalue weighted by atomic mass is 9.91. The summed E-state index contributed by atoms with van der Waals surface area (Å²) in [6.07, 6.45) is 3.35. The standard InChI is InChI=1S/C37H42N4O3S/c1-36(2,3)19-23-41-34(43)32(45-37(41)29-13-7-5-11-27(29)28-12-6-8-14-30(28)37)24-33(42)39-20-17-26(18-21-39)40-22-16-25-10-4-9-15-31(25)38-35(40)44/h4-15,26,32H,16-24H2,1-3H3,(H,38,44). The van der Waals surface area contributed by atoms with Crippen molar-refractivity contribution >= 4 is 35.3 Å². The largest absolute Gasteiger partial charge is 0.342 e. The van der Waals surface area contributed by atoms with Gasteiger partial charge in [-0.15, -0.1) is 11.8 Å². The van der Waals surface area contributed by atoms with Crippen molar-refractivity contribution in [1.82, 2.24) is 14.7 Å². The van der Waals surface area contributed by atoms with Crippen LogP contribution in [0, 0.1) is 5.41 Å². The van der Waals surface area contributed by atoms with E-state index >= 15 is 0 Å². The molecule has 1 atom stereocenters. The molecule has 0 radical (unpaired) electrons. The van der Waals surface area contributed by atoms with Crippen LogP contribution in [-0.4, -0.2) is 70.0 Å². The van der Waals surface area contributed by atoms with Crippen LogP contribution in [0.4, 0.5) is 10.5 Å². The van der Waals surface area contributed by atoms with E-state index in [2.05, 4.69) is 85.6 Å². The van der Waals surface area contributed by atoms with Crippen LogP contribution in [0.5, 0.6) is 0 Å². The maximum absolute atomic E-state index is 14.3. The van der Waals surface area contributed by atoms with Gasteiger partial charge in [-0.05, 0) is 53.9 Å². The molecule has 2 saturated heterocycles. The number of benzene rings is 3. The number of nitrogens with one attached hydrogen (secondary N) is 1. The van der Waals surface area contributed by atoms with Crippen molar-refractivity contribution in [2.75, 3.05) is 31.5 Å². The molecular formula is C37H42N4O3S. The van der Waals surface area contributed by atoms with Crippen LogP contribution >= 0.6 is 11.8 Å². The van der Waals surface area contributed by atoms with Crippen LogP contribution < -0.4 is 5.32 Å². The minimum atomic E-state index is -0.634. The summed E-state index contributed by atoms with van der Waals surface area (Å²) >= 11 is 1.65. The zero-order valence-electron chi connectivity index (χ0n) is 26.4. The Bertz CT molecular complexity index is 1590. The fourth-order valence-electron chi connectivity index (χ4n) is 7.54. The summed E-state index contributed by atoms with van der Waals surface area (Å²) in [6.45, 7) is 9.13. The number of anilines is 1. The highest BCUT2D eigenvalue weighted by Crippen LogP contribution is 2.61. The van der Waals surface area contributed by atoms with E-state index in [0.717, 1.165) is 48.1 Å². The van der Waals surface area contributed by atoms with Crippen LogP contribution in [0.15, 0.2) is 72.8 Å². The lowest BCUT2D eigenvalue weighted by Crippen LogP contribution is -2.50. The summed E-state index contributed by atoms with van der Waals surface area (Å²) in [5.74, 6) is 0.0826. The van der Waals surface area contributed by atoms with E-state index in [0.29, 0.717) is 26.2 Å². The van der Waals surface area contributed by atoms with Gasteiger partial charge in [-0.3, -0.25) is 9.59 Å². The first-order valence-corrected chi connectivity index (χ1v) is 17.2. The van der Waals surface area contributed by atoms with Crippen molar-refractivity contribution in [3.8, 4) is 11.1 Å². The molecule has 3 aromatic rings. The Kier molecular flexibility index (Phi) is 7.67. The van der Waals surface area contributed by atoms with Gasteiger partial charge in [-0.2, -0.15) is 0 Å². The summed E-state index contributed by atoms with van der Waals surface area (Å²) in [4.78, 5) is 46.5. The highest BCUT2D eigenvalue weighted by atomic mass is 32.2. The third kappa shape index (κ3) is 5.31. The number of piperidine rings is 1. The van der Waals surface area contributed by atoms with Gasteiger partial charge < -0.3 is 20.0 Å². The first kappa shape index (κ1) is 29.9. The maximum Gasteiger partial charge on any atom is 0.322 e. The summed E-state index contributed by atoms with van der Waals surface area (Å²) in [5.41, 5.74) is 6.74. The monoisotopic (exact) mass is 622 g/mol. The Morgan fingerprint density at radius 3 is 2.18 bits per heavy atom. The highest BCUT2D eigenvalue weighted by molar-refractivity contribution is 8.02. The second kappa shape index (κ2) is 11.5. The van der Waals surface area contributed by atoms with Crippen molar-refractivity contribution in [3.05, 3.63) is 89.5 Å². The van der Waals surface area contributed by atoms with Gasteiger partial charge in [0.05, 0.1) is 5.25 Å². The topological polar surface area (TPSA) is 73.0 Å². The third-order valence-electron chi connectivity index (χ3n) is 9.95. The third-order valence-corrected chi connectivity index (χ3v) is 11.6. The second-order valence-corrected chi connectivity index (χ2v) is 15.4. The molecule has 2 fully saturated rings. The average molecular weight is 623 g/mol. The molecule has 1 N–H and O–H groups in total. The van der Waals surface area contributed by atoms with Crippen molar-refractivity contribution in [3.63, 3.8) is 0 Å². The van der Waals surface area contributed by atoms with Gasteiger partial charge in [0.2, 0.25) is 11.8 Å². The van der Waals surface area contributed by atoms with E-state index in [9.17, 15) is 14.4 Å². The fourth-order valence-corrected chi connectivity index (χ4v) is 9.32. The molecule has 45 heavy (non-hydrogen) atoms. The summed E-state index contributed by atoms with van der Waals surface area (Å²) in [7, 11) is 0. The van der Waals surface area contributed by atoms with Crippen molar-refractivity contribution in [2.24, 2.45) is 5.41 Å². The molecule has 0 aromatic heterocycles. The summed E-state index contributed by atoms with van der Waals surface area (Å²) in [6, 6.07) is 24.9. The normalized spacial score (nSPS) is 21.0. The SMILES string of the molecule is CC(C)(C)CCN1C(=O)C(CC(=O)N2CCC(N3CCc4ccccc4NC3=O)CC2)SC12c1ccccc1-c1ccccc12. The minimum Gasteiger partial charge on any atom is -0.342 e. The number of thioether (sulfide) groups is 1. The number of para-hydroxylation sites is 1. The predicted molar refractivity (Wildman–Crippen MR) is 180 cm³/mol. The Morgan fingerprint density at radius 1 is 0.889 bits per heavy atom. The predicted octanol–water partition coefficient (Wildman–Crippen LogP) is 6.72. The Hall–Kier alpha value is -3.78. The molecule has 0 saturated carbocycles. The Morgan fingerprint density at radius 2 is 1.51 bits per heavy atom. The van der Waals surface area contributed by atoms with E-state index in [1.807, 2.05) is 28.0 Å². The van der Waals surface area contributed by atoms with E-state index in [1.54, 1.807) is 11.8 Å². The van der Waals surface area contributed by atoms with Gasteiger partial charge in [0.25, 0.3) is 0 Å². The molecule has 8 heteroatoms. The zero-order valence-corrected chi connectivity index (χ0v) is 27.2. The number of carbonyl (C=O) groups excluding carboxylic acids is 3. The highest BCUT2D eigenvalue weighted by Gasteiger charge is 2.58. The number of fused-ring (bicyclic) bond motifs is 6. The number of rotatable bonds is 5. The lowest BCUT2D eigenvalue weighted by molar-refractivity contribution is -0.137. The molecule has 3 heterocycles. The summed E-state index contributed by atoms with van der Waals surface area (Å²) < 4.78 is 0. The number of hydrogen-bond donors (Lipinski definition) is 1. The van der Waals surface area contributed by atoms with Crippen LogP contribution in [0.2, 0.25) is 0 Å². The number of hydrogen-bond acceptors (Lipinski definition) is 4. The number of likely N-dealkylation sites (tertiary alicyclic amines) is 1. The fraction of sp³-hybridized carbons (Fsp3) is 0.432. The van der Waals surface area contributed by atoms with E-state index < -0.39 is 10.1 Å². The van der Waals surface area contributed by atoms with Gasteiger partial charge in [-0.25, -0.2) is 4.79 Å². The molecule has 7 rings (SSSR count). The van der Waals surface area contributed by atoms with Gasteiger partial charge in [0.15, 0.2) is 0 Å². The molecule has 3 aromatic carbocycles. The van der Waals surface area contributed by atoms with Gasteiger partial charge in [0, 0.05) is 55.5 Å². The quantitative estimate of drug-likeness (QED) is 0.343. The Labute approximate surface area is 270 Å². The molecular weight excluding hydrogens is 580 g/mol. The van der Waals surface area contributed by atoms with E-state index in [-0.39, 0.29) is 35.7 Å². The molecule has 3 aliphatic heterocycles. The average Bonchev–Trinajstić information content (AvgIpc) is 3.39. The minimum absolute atomic E-state index is 0.0272. The first-order valence-electron chi connectivity index (χ1n) is 16.3. The Balaban J connectivity index is 1.07. The molecule has 7 nitrogen and oxygen atoms in total. The van der Waals surface area contributed by atoms with Crippen LogP contribution in [0.25, 0.3) is 11.1 Å². The van der Waals surface area contributed by atoms with E-state index in [4.69, 9.17) is 0 Å². The van der Waals surface area contributed by atoms with Crippen LogP contribution in [0.1, 0.15) is 63.1 Å². The number of carbonyl (C=O) groups is 3. The van der Waals surface area contributed by atoms with Crippen LogP contribution in [0.3, 0.4) is 0 Å². The van der Waals surface area contributed by atoms with Crippen molar-refractivity contribution in [2.45, 2.75) is 69.0 Å². The number of urea groups is 1. The molecule has 4 amide bonds. The summed E-state index contributed by atoms with van der Waals surface area (Å²) in [5, 5.41) is 2.63. The van der Waals surface area contributed by atoms with Gasteiger partial charge >= 0.3 is 6.03 Å². The number of amides is 4. The molecule has 1 aliphatic carbocycles. The molecule has 234 valence electrons. The maximum atomic E-state index is 14.3. The first-order chi connectivity index (χ1) is 21.7. The molecule has 1 unspecified atom stereocenters. The van der Waals surface area contributed by atoms with Gasteiger partial charge in [0.1, 0.15) is 4.87 Å².